The van der Waals surface area contributed by atoms with E-state index in [1.54, 1.807) is 0 Å². The Bertz CT molecular complexity index is 351. The summed E-state index contributed by atoms with van der Waals surface area (Å²) in [6, 6.07) is -0.0534. The van der Waals surface area contributed by atoms with Gasteiger partial charge < -0.3 is 5.11 Å². The molecule has 17 heavy (non-hydrogen) atoms. The molecule has 0 heterocycles. The van der Waals surface area contributed by atoms with Gasteiger partial charge in [0.25, 0.3) is 0 Å². The van der Waals surface area contributed by atoms with Crippen LogP contribution in [0.5, 0.6) is 0 Å². The summed E-state index contributed by atoms with van der Waals surface area (Å²) in [7, 11) is 0. The largest absolute Gasteiger partial charge is 0.480 e. The van der Waals surface area contributed by atoms with Crippen LogP contribution < -0.4 is 0 Å². The lowest BCUT2D eigenvalue weighted by molar-refractivity contribution is -0.140. The first-order valence-corrected chi connectivity index (χ1v) is 6.13. The van der Waals surface area contributed by atoms with E-state index in [0.717, 1.165) is 12.8 Å². The number of fused-ring (bicyclic) bond motifs is 2. The summed E-state index contributed by atoms with van der Waals surface area (Å²) in [6.45, 7) is 6.13. The Balaban J connectivity index is 2.29. The van der Waals surface area contributed by atoms with Crippen molar-refractivity contribution in [1.29, 1.82) is 0 Å². The molecule has 3 atom stereocenters. The maximum absolute atomic E-state index is 10.9. The van der Waals surface area contributed by atoms with Crippen LogP contribution in [-0.4, -0.2) is 28.7 Å². The molecule has 5 nitrogen and oxygen atoms in total. The molecule has 0 aromatic rings. The second-order valence-corrected chi connectivity index (χ2v) is 6.39. The average molecular weight is 240 g/mol. The molecule has 1 N–H and O–H groups in total. The Hall–Kier alpha value is -1.13. The fraction of sp³-hybridized carbons (Fsp3) is 0.917. The van der Waals surface area contributed by atoms with Crippen molar-refractivity contribution in [2.24, 2.45) is 22.0 Å². The van der Waals surface area contributed by atoms with E-state index in [2.05, 4.69) is 26.1 Å². The van der Waals surface area contributed by atoms with Crippen molar-refractivity contribution < 1.29 is 9.90 Å². The van der Waals surface area contributed by atoms with Gasteiger partial charge in [-0.15, -0.1) is 4.91 Å². The van der Waals surface area contributed by atoms with E-state index >= 15 is 0 Å². The van der Waals surface area contributed by atoms with Crippen molar-refractivity contribution in [3.05, 3.63) is 4.91 Å². The standard InChI is InChI=1S/C12H20N2O3/c1-11(2)8-4-5-12(3,6-8)10(11)14(13-17)7-9(15)16/h8,10H,4-7H2,1-3H3,(H,15,16). The van der Waals surface area contributed by atoms with Crippen molar-refractivity contribution in [2.75, 3.05) is 6.54 Å². The van der Waals surface area contributed by atoms with Crippen LogP contribution in [0.25, 0.3) is 0 Å². The third kappa shape index (κ3) is 1.72. The first-order chi connectivity index (χ1) is 7.81. The molecule has 2 saturated carbocycles. The van der Waals surface area contributed by atoms with E-state index in [-0.39, 0.29) is 23.4 Å². The first-order valence-electron chi connectivity index (χ1n) is 6.13. The number of hydrogen-bond acceptors (Lipinski definition) is 3. The highest BCUT2D eigenvalue weighted by Gasteiger charge is 2.61. The molecule has 96 valence electrons. The zero-order chi connectivity index (χ0) is 12.8. The van der Waals surface area contributed by atoms with Gasteiger partial charge >= 0.3 is 5.97 Å². The molecule has 2 bridgehead atoms. The summed E-state index contributed by atoms with van der Waals surface area (Å²) in [5, 5.41) is 13.1. The molecule has 2 aliphatic rings. The SMILES string of the molecule is CC12CCC(C1)C(C)(C)C2N(CC(=O)O)N=O. The maximum atomic E-state index is 10.9. The van der Waals surface area contributed by atoms with Crippen molar-refractivity contribution in [2.45, 2.75) is 46.1 Å². The second kappa shape index (κ2) is 3.68. The molecular weight excluding hydrogens is 220 g/mol. The highest BCUT2D eigenvalue weighted by atomic mass is 16.4. The van der Waals surface area contributed by atoms with Gasteiger partial charge in [-0.1, -0.05) is 20.8 Å². The van der Waals surface area contributed by atoms with E-state index in [9.17, 15) is 9.70 Å². The first kappa shape index (κ1) is 12.3. The molecule has 0 spiro atoms. The number of nitrogens with zero attached hydrogens (tertiary/aromatic N) is 2. The lowest BCUT2D eigenvalue weighted by Gasteiger charge is -2.45. The number of aliphatic carboxylic acids is 1. The topological polar surface area (TPSA) is 70.0 Å². The van der Waals surface area contributed by atoms with Crippen molar-refractivity contribution >= 4 is 5.97 Å². The van der Waals surface area contributed by atoms with E-state index in [4.69, 9.17) is 5.11 Å². The number of carbonyl (C=O) groups is 1. The van der Waals surface area contributed by atoms with Gasteiger partial charge in [0.2, 0.25) is 0 Å². The highest BCUT2D eigenvalue weighted by Crippen LogP contribution is 2.64. The summed E-state index contributed by atoms with van der Waals surface area (Å²) in [5.41, 5.74) is 0.00782. The van der Waals surface area contributed by atoms with Crippen LogP contribution in [0.1, 0.15) is 40.0 Å². The number of rotatable bonds is 4. The zero-order valence-electron chi connectivity index (χ0n) is 10.6. The van der Waals surface area contributed by atoms with Crippen molar-refractivity contribution in [3.8, 4) is 0 Å². The smallest absolute Gasteiger partial charge is 0.325 e. The summed E-state index contributed by atoms with van der Waals surface area (Å²) < 4.78 is 0. The Kier molecular flexibility index (Phi) is 2.67. The predicted octanol–water partition coefficient (Wildman–Crippen LogP) is 2.27. The summed E-state index contributed by atoms with van der Waals surface area (Å²) in [4.78, 5) is 21.8. The minimum atomic E-state index is -0.994. The Labute approximate surface area is 101 Å². The zero-order valence-corrected chi connectivity index (χ0v) is 10.6. The van der Waals surface area contributed by atoms with E-state index in [1.165, 1.54) is 11.4 Å². The number of nitroso groups, excluding NO2 is 1. The molecule has 2 aliphatic carbocycles. The van der Waals surface area contributed by atoms with Gasteiger partial charge in [0.1, 0.15) is 6.54 Å². The molecule has 2 fully saturated rings. The lowest BCUT2D eigenvalue weighted by atomic mass is 9.68. The van der Waals surface area contributed by atoms with Gasteiger partial charge in [-0.05, 0) is 36.0 Å². The fourth-order valence-electron chi connectivity index (χ4n) is 4.33. The molecule has 5 heteroatoms. The molecule has 0 saturated heterocycles. The quantitative estimate of drug-likeness (QED) is 0.604. The molecule has 0 aliphatic heterocycles. The maximum Gasteiger partial charge on any atom is 0.325 e. The monoisotopic (exact) mass is 240 g/mol. The van der Waals surface area contributed by atoms with Crippen LogP contribution in [0, 0.1) is 21.7 Å². The van der Waals surface area contributed by atoms with Crippen LogP contribution in [0.4, 0.5) is 0 Å². The summed E-state index contributed by atoms with van der Waals surface area (Å²) >= 11 is 0. The van der Waals surface area contributed by atoms with E-state index in [0.29, 0.717) is 5.92 Å². The van der Waals surface area contributed by atoms with Crippen molar-refractivity contribution in [3.63, 3.8) is 0 Å². The van der Waals surface area contributed by atoms with Crippen LogP contribution in [0.2, 0.25) is 0 Å². The molecule has 0 radical (unpaired) electrons. The predicted molar refractivity (Wildman–Crippen MR) is 63.2 cm³/mol. The van der Waals surface area contributed by atoms with Gasteiger partial charge in [0, 0.05) is 0 Å². The summed E-state index contributed by atoms with van der Waals surface area (Å²) in [6.07, 6.45) is 3.33. The minimum absolute atomic E-state index is 0.0314. The molecule has 0 aromatic heterocycles. The Morgan fingerprint density at radius 3 is 2.53 bits per heavy atom. The van der Waals surface area contributed by atoms with Gasteiger partial charge in [-0.25, -0.2) is 5.01 Å². The van der Waals surface area contributed by atoms with Gasteiger partial charge in [0.15, 0.2) is 0 Å². The van der Waals surface area contributed by atoms with Crippen LogP contribution in [0.15, 0.2) is 5.29 Å². The second-order valence-electron chi connectivity index (χ2n) is 6.39. The van der Waals surface area contributed by atoms with Crippen molar-refractivity contribution in [1.82, 2.24) is 5.01 Å². The normalized spacial score (nSPS) is 38.1. The summed E-state index contributed by atoms with van der Waals surface area (Å²) in [5.74, 6) is -0.415. The van der Waals surface area contributed by atoms with E-state index in [1.807, 2.05) is 0 Å². The average Bonchev–Trinajstić information content (AvgIpc) is 2.66. The molecule has 0 aromatic carbocycles. The number of carboxylic acid groups (broad SMARTS) is 1. The van der Waals surface area contributed by atoms with Crippen LogP contribution in [0.3, 0.4) is 0 Å². The third-order valence-corrected chi connectivity index (χ3v) is 4.89. The molecule has 3 unspecified atom stereocenters. The number of carboxylic acids is 1. The third-order valence-electron chi connectivity index (χ3n) is 4.89. The van der Waals surface area contributed by atoms with Gasteiger partial charge in [-0.2, -0.15) is 0 Å². The van der Waals surface area contributed by atoms with Gasteiger partial charge in [-0.3, -0.25) is 4.79 Å². The Morgan fingerprint density at radius 1 is 1.47 bits per heavy atom. The van der Waals surface area contributed by atoms with Gasteiger partial charge in [0.05, 0.1) is 11.3 Å². The van der Waals surface area contributed by atoms with Crippen LogP contribution >= 0.6 is 0 Å². The minimum Gasteiger partial charge on any atom is -0.480 e. The highest BCUT2D eigenvalue weighted by molar-refractivity contribution is 5.69. The molecule has 2 rings (SSSR count). The number of hydrogen-bond donors (Lipinski definition) is 1. The molecule has 0 amide bonds. The van der Waals surface area contributed by atoms with Crippen LogP contribution in [-0.2, 0) is 4.79 Å². The Morgan fingerprint density at radius 2 is 2.12 bits per heavy atom. The lowest BCUT2D eigenvalue weighted by Crippen LogP contribution is -2.51. The molecular formula is C12H20N2O3. The van der Waals surface area contributed by atoms with E-state index < -0.39 is 5.97 Å². The fourth-order valence-corrected chi connectivity index (χ4v) is 4.33.